The van der Waals surface area contributed by atoms with E-state index in [0.717, 1.165) is 69.4 Å². The Balaban J connectivity index is 1.02. The number of nitrogens with zero attached hydrogens (tertiary/aromatic N) is 1. The van der Waals surface area contributed by atoms with Crippen molar-refractivity contribution in [3.05, 3.63) is 47.0 Å². The van der Waals surface area contributed by atoms with E-state index in [0.29, 0.717) is 48.1 Å². The van der Waals surface area contributed by atoms with Gasteiger partial charge in [0, 0.05) is 44.9 Å². The van der Waals surface area contributed by atoms with Crippen molar-refractivity contribution in [3.8, 4) is 0 Å². The van der Waals surface area contributed by atoms with Gasteiger partial charge in [-0.15, -0.1) is 0 Å². The van der Waals surface area contributed by atoms with Crippen molar-refractivity contribution in [1.29, 1.82) is 0 Å². The lowest BCUT2D eigenvalue weighted by Gasteiger charge is -2.52. The number of amides is 1. The minimum Gasteiger partial charge on any atom is -0.366 e. The van der Waals surface area contributed by atoms with Crippen LogP contribution in [0.15, 0.2) is 41.5 Å². The Kier molecular flexibility index (Phi) is 7.66. The molecule has 2 heterocycles. The van der Waals surface area contributed by atoms with Gasteiger partial charge in [0.25, 0.3) is 0 Å². The van der Waals surface area contributed by atoms with Crippen molar-refractivity contribution >= 4 is 11.7 Å². The standard InChI is InChI=1S/C37H52N2O3/c1-24-19-34-33(39(23-24)18-17-38-35(41)12-9-26-7-5-4-6-8-26)22-37(42-34)16-14-29-30-11-10-27-20-28(40)13-15-36(27,3)32(30)21-31(29)25(37)2/h4-8,24,27,29-30,32-34H,9-23H2,1-3H3,(H,38,41). The normalized spacial score (nSPS) is 41.3. The lowest BCUT2D eigenvalue weighted by molar-refractivity contribution is -0.129. The van der Waals surface area contributed by atoms with E-state index < -0.39 is 0 Å². The summed E-state index contributed by atoms with van der Waals surface area (Å²) in [6.45, 7) is 10.1. The maximum atomic E-state index is 12.6. The molecule has 1 amide bonds. The number of carbonyl (C=O) groups is 2. The minimum absolute atomic E-state index is 0.0985. The van der Waals surface area contributed by atoms with Gasteiger partial charge in [0.05, 0.1) is 11.7 Å². The quantitative estimate of drug-likeness (QED) is 0.395. The number of fused-ring (bicyclic) bond motifs is 6. The molecular formula is C37H52N2O3. The molecule has 42 heavy (non-hydrogen) atoms. The minimum atomic E-state index is -0.0985. The van der Waals surface area contributed by atoms with E-state index in [1.807, 2.05) is 18.2 Å². The second kappa shape index (κ2) is 11.2. The number of allylic oxidation sites excluding steroid dienone is 1. The first-order valence-electron chi connectivity index (χ1n) is 17.2. The maximum absolute atomic E-state index is 12.6. The molecule has 2 aliphatic heterocycles. The van der Waals surface area contributed by atoms with E-state index in [-0.39, 0.29) is 11.5 Å². The average Bonchev–Trinajstić information content (AvgIpc) is 3.55. The summed E-state index contributed by atoms with van der Waals surface area (Å²) in [6, 6.07) is 10.7. The number of Topliss-reactive ketones (excluding diaryl/α,β-unsaturated/α-hetero) is 1. The van der Waals surface area contributed by atoms with E-state index >= 15 is 0 Å². The molecule has 3 saturated carbocycles. The molecule has 9 unspecified atom stereocenters. The molecular weight excluding hydrogens is 520 g/mol. The summed E-state index contributed by atoms with van der Waals surface area (Å²) in [5.41, 5.74) is 4.79. The highest BCUT2D eigenvalue weighted by atomic mass is 16.5. The summed E-state index contributed by atoms with van der Waals surface area (Å²) in [4.78, 5) is 27.6. The lowest BCUT2D eigenvalue weighted by Crippen LogP contribution is -2.51. The number of piperidine rings is 1. The number of hydrogen-bond donors (Lipinski definition) is 1. The van der Waals surface area contributed by atoms with Crippen LogP contribution in [0.2, 0.25) is 0 Å². The highest BCUT2D eigenvalue weighted by Gasteiger charge is 2.60. The van der Waals surface area contributed by atoms with Crippen LogP contribution in [-0.2, 0) is 20.7 Å². The smallest absolute Gasteiger partial charge is 0.220 e. The first kappa shape index (κ1) is 28.8. The van der Waals surface area contributed by atoms with Gasteiger partial charge in [0.2, 0.25) is 5.91 Å². The van der Waals surface area contributed by atoms with Gasteiger partial charge in [-0.2, -0.15) is 0 Å². The second-order valence-electron chi connectivity index (χ2n) is 15.4. The summed E-state index contributed by atoms with van der Waals surface area (Å²) >= 11 is 0. The Labute approximate surface area is 253 Å². The first-order chi connectivity index (χ1) is 20.3. The van der Waals surface area contributed by atoms with Gasteiger partial charge in [-0.1, -0.05) is 49.8 Å². The van der Waals surface area contributed by atoms with Crippen molar-refractivity contribution in [3.63, 3.8) is 0 Å². The molecule has 4 aliphatic carbocycles. The fourth-order valence-electron chi connectivity index (χ4n) is 10.9. The molecule has 5 fully saturated rings. The van der Waals surface area contributed by atoms with E-state index in [1.54, 1.807) is 11.1 Å². The van der Waals surface area contributed by atoms with Crippen molar-refractivity contribution in [2.24, 2.45) is 35.0 Å². The van der Waals surface area contributed by atoms with Gasteiger partial charge in [-0.3, -0.25) is 14.5 Å². The average molecular weight is 573 g/mol. The predicted molar refractivity (Wildman–Crippen MR) is 166 cm³/mol. The molecule has 1 aromatic rings. The van der Waals surface area contributed by atoms with Crippen LogP contribution in [0.3, 0.4) is 0 Å². The van der Waals surface area contributed by atoms with Crippen LogP contribution in [-0.4, -0.2) is 54.0 Å². The van der Waals surface area contributed by atoms with E-state index in [9.17, 15) is 9.59 Å². The topological polar surface area (TPSA) is 58.6 Å². The maximum Gasteiger partial charge on any atom is 0.220 e. The Morgan fingerprint density at radius 2 is 1.95 bits per heavy atom. The highest BCUT2D eigenvalue weighted by Crippen LogP contribution is 2.65. The number of hydrogen-bond acceptors (Lipinski definition) is 4. The molecule has 0 radical (unpaired) electrons. The van der Waals surface area contributed by atoms with Crippen LogP contribution in [0, 0.1) is 35.0 Å². The van der Waals surface area contributed by atoms with Crippen LogP contribution in [0.1, 0.15) is 97.0 Å². The summed E-state index contributed by atoms with van der Waals surface area (Å²) in [5, 5.41) is 3.21. The SMILES string of the molecule is CC1=C2CC3C(CCC4CC(=O)CCC43C)C2CCC12CC1C(CC(C)CN1CCNC(=O)CCc1ccccc1)O2. The number of carbonyl (C=O) groups excluding carboxylic acids is 2. The van der Waals surface area contributed by atoms with Crippen LogP contribution in [0.4, 0.5) is 0 Å². The van der Waals surface area contributed by atoms with Gasteiger partial charge in [0.15, 0.2) is 0 Å². The van der Waals surface area contributed by atoms with Gasteiger partial charge in [-0.05, 0) is 111 Å². The number of rotatable bonds is 6. The molecule has 2 saturated heterocycles. The van der Waals surface area contributed by atoms with Gasteiger partial charge < -0.3 is 10.1 Å². The fraction of sp³-hybridized carbons (Fsp3) is 0.730. The summed E-state index contributed by atoms with van der Waals surface area (Å²) in [7, 11) is 0. The van der Waals surface area contributed by atoms with Crippen molar-refractivity contribution in [1.82, 2.24) is 10.2 Å². The Morgan fingerprint density at radius 1 is 1.12 bits per heavy atom. The molecule has 0 bridgehead atoms. The number of likely N-dealkylation sites (tertiary alicyclic amines) is 1. The van der Waals surface area contributed by atoms with E-state index in [2.05, 4.69) is 43.1 Å². The number of aryl methyl sites for hydroxylation is 1. The number of ketones is 1. The third-order valence-corrected chi connectivity index (χ3v) is 13.2. The second-order valence-corrected chi connectivity index (χ2v) is 15.4. The molecule has 1 N–H and O–H groups in total. The van der Waals surface area contributed by atoms with Crippen LogP contribution < -0.4 is 5.32 Å². The van der Waals surface area contributed by atoms with Gasteiger partial charge >= 0.3 is 0 Å². The van der Waals surface area contributed by atoms with Gasteiger partial charge in [0.1, 0.15) is 5.78 Å². The fourth-order valence-corrected chi connectivity index (χ4v) is 10.9. The first-order valence-corrected chi connectivity index (χ1v) is 17.2. The zero-order valence-corrected chi connectivity index (χ0v) is 26.2. The zero-order valence-electron chi connectivity index (χ0n) is 26.2. The molecule has 5 heteroatoms. The molecule has 1 aromatic carbocycles. The Bertz CT molecular complexity index is 1230. The highest BCUT2D eigenvalue weighted by molar-refractivity contribution is 5.79. The molecule has 6 aliphatic rings. The molecule has 7 rings (SSSR count). The predicted octanol–water partition coefficient (Wildman–Crippen LogP) is 6.51. The van der Waals surface area contributed by atoms with Crippen molar-refractivity contribution in [2.75, 3.05) is 19.6 Å². The summed E-state index contributed by atoms with van der Waals surface area (Å²) in [5.74, 6) is 4.18. The molecule has 1 spiro atoms. The largest absolute Gasteiger partial charge is 0.366 e. The lowest BCUT2D eigenvalue weighted by atomic mass is 9.52. The number of nitrogens with one attached hydrogen (secondary N) is 1. The van der Waals surface area contributed by atoms with E-state index in [4.69, 9.17) is 4.74 Å². The molecule has 5 nitrogen and oxygen atoms in total. The van der Waals surface area contributed by atoms with Gasteiger partial charge in [-0.25, -0.2) is 0 Å². The molecule has 0 aromatic heterocycles. The zero-order chi connectivity index (χ0) is 29.1. The summed E-state index contributed by atoms with van der Waals surface area (Å²) in [6.07, 6.45) is 12.9. The molecule has 228 valence electrons. The van der Waals surface area contributed by atoms with Crippen LogP contribution in [0.5, 0.6) is 0 Å². The van der Waals surface area contributed by atoms with Crippen LogP contribution >= 0.6 is 0 Å². The monoisotopic (exact) mass is 572 g/mol. The van der Waals surface area contributed by atoms with E-state index in [1.165, 1.54) is 37.7 Å². The third kappa shape index (κ3) is 5.01. The number of benzene rings is 1. The third-order valence-electron chi connectivity index (χ3n) is 13.2. The van der Waals surface area contributed by atoms with Crippen LogP contribution in [0.25, 0.3) is 0 Å². The van der Waals surface area contributed by atoms with Crippen molar-refractivity contribution in [2.45, 2.75) is 116 Å². The van der Waals surface area contributed by atoms with Crippen molar-refractivity contribution < 1.29 is 14.3 Å². The molecule has 9 atom stereocenters. The Morgan fingerprint density at radius 3 is 2.79 bits per heavy atom. The number of ether oxygens (including phenoxy) is 1. The Hall–Kier alpha value is -1.98. The summed E-state index contributed by atoms with van der Waals surface area (Å²) < 4.78 is 7.20.